The standard InChI is InChI=1S/C11H12N2O6S/c1-20-3-2-11(14)19-7-8-4-9(12(15)16)6-10(5-8)13(17)18/h4-6H,2-3,7H2,1H3. The lowest BCUT2D eigenvalue weighted by Gasteiger charge is -2.04. The van der Waals surface area contributed by atoms with E-state index in [1.165, 1.54) is 11.8 Å². The summed E-state index contributed by atoms with van der Waals surface area (Å²) in [5.41, 5.74) is -0.605. The normalized spacial score (nSPS) is 10.1. The van der Waals surface area contributed by atoms with Gasteiger partial charge in [-0.3, -0.25) is 25.0 Å². The summed E-state index contributed by atoms with van der Waals surface area (Å²) < 4.78 is 4.90. The number of benzene rings is 1. The number of carbonyl (C=O) groups is 1. The number of nitro benzene ring substituents is 2. The fourth-order valence-corrected chi connectivity index (χ4v) is 1.74. The molecule has 1 aromatic rings. The first kappa shape index (κ1) is 15.9. The molecule has 0 N–H and O–H groups in total. The number of thioether (sulfide) groups is 1. The quantitative estimate of drug-likeness (QED) is 0.431. The predicted molar refractivity (Wildman–Crippen MR) is 72.5 cm³/mol. The summed E-state index contributed by atoms with van der Waals surface area (Å²) >= 11 is 1.48. The van der Waals surface area contributed by atoms with Gasteiger partial charge in [0, 0.05) is 23.4 Å². The minimum absolute atomic E-state index is 0.211. The molecule has 0 spiro atoms. The van der Waals surface area contributed by atoms with Crippen LogP contribution in [-0.2, 0) is 16.1 Å². The van der Waals surface area contributed by atoms with Crippen LogP contribution < -0.4 is 0 Å². The van der Waals surface area contributed by atoms with Crippen molar-refractivity contribution in [2.45, 2.75) is 13.0 Å². The highest BCUT2D eigenvalue weighted by Crippen LogP contribution is 2.23. The summed E-state index contributed by atoms with van der Waals surface area (Å²) in [7, 11) is 0. The average Bonchev–Trinajstić information content (AvgIpc) is 2.42. The molecule has 0 saturated heterocycles. The van der Waals surface area contributed by atoms with E-state index in [2.05, 4.69) is 0 Å². The molecule has 1 rings (SSSR count). The van der Waals surface area contributed by atoms with Crippen LogP contribution in [0, 0.1) is 20.2 Å². The molecule has 0 saturated carbocycles. The first-order chi connectivity index (χ1) is 9.43. The molecule has 0 bridgehead atoms. The third-order valence-corrected chi connectivity index (χ3v) is 2.91. The van der Waals surface area contributed by atoms with Crippen molar-refractivity contribution < 1.29 is 19.4 Å². The molecule has 0 amide bonds. The SMILES string of the molecule is CSCCC(=O)OCc1cc([N+](=O)[O-])cc([N+](=O)[O-])c1. The van der Waals surface area contributed by atoms with Gasteiger partial charge in [0.2, 0.25) is 0 Å². The van der Waals surface area contributed by atoms with E-state index in [9.17, 15) is 25.0 Å². The summed E-state index contributed by atoms with van der Waals surface area (Å²) in [6, 6.07) is 3.16. The van der Waals surface area contributed by atoms with Crippen LogP contribution in [0.15, 0.2) is 18.2 Å². The first-order valence-corrected chi connectivity index (χ1v) is 6.90. The highest BCUT2D eigenvalue weighted by Gasteiger charge is 2.17. The Morgan fingerprint density at radius 2 is 1.75 bits per heavy atom. The zero-order chi connectivity index (χ0) is 15.1. The summed E-state index contributed by atoms with van der Waals surface area (Å²) in [6.07, 6.45) is 2.06. The van der Waals surface area contributed by atoms with Crippen molar-refractivity contribution in [3.05, 3.63) is 44.0 Å². The number of esters is 1. The maximum atomic E-state index is 11.3. The minimum Gasteiger partial charge on any atom is -0.461 e. The van der Waals surface area contributed by atoms with Gasteiger partial charge in [-0.25, -0.2) is 0 Å². The van der Waals surface area contributed by atoms with Crippen LogP contribution in [0.1, 0.15) is 12.0 Å². The molecule has 0 aliphatic rings. The van der Waals surface area contributed by atoms with Crippen LogP contribution in [0.2, 0.25) is 0 Å². The van der Waals surface area contributed by atoms with Gasteiger partial charge in [0.15, 0.2) is 0 Å². The molecule has 108 valence electrons. The molecule has 0 heterocycles. The molecule has 0 aromatic heterocycles. The number of rotatable bonds is 7. The number of non-ortho nitro benzene ring substituents is 2. The van der Waals surface area contributed by atoms with Crippen LogP contribution in [0.4, 0.5) is 11.4 Å². The Morgan fingerprint density at radius 3 is 2.20 bits per heavy atom. The molecule has 0 unspecified atom stereocenters. The number of ether oxygens (including phenoxy) is 1. The van der Waals surface area contributed by atoms with E-state index in [1.807, 2.05) is 6.26 Å². The van der Waals surface area contributed by atoms with E-state index in [4.69, 9.17) is 4.74 Å². The van der Waals surface area contributed by atoms with Gasteiger partial charge in [0.05, 0.1) is 22.3 Å². The summed E-state index contributed by atoms with van der Waals surface area (Å²) in [4.78, 5) is 31.2. The van der Waals surface area contributed by atoms with Crippen LogP contribution in [0.3, 0.4) is 0 Å². The maximum Gasteiger partial charge on any atom is 0.306 e. The van der Waals surface area contributed by atoms with Crippen LogP contribution in [0.5, 0.6) is 0 Å². The number of hydrogen-bond donors (Lipinski definition) is 0. The van der Waals surface area contributed by atoms with Crippen molar-refractivity contribution >= 4 is 29.1 Å². The van der Waals surface area contributed by atoms with E-state index in [-0.39, 0.29) is 18.6 Å². The molecule has 0 aliphatic heterocycles. The monoisotopic (exact) mass is 300 g/mol. The number of nitro groups is 2. The maximum absolute atomic E-state index is 11.3. The van der Waals surface area contributed by atoms with Crippen molar-refractivity contribution in [2.24, 2.45) is 0 Å². The number of nitrogens with zero attached hydrogens (tertiary/aromatic N) is 2. The Kier molecular flexibility index (Phi) is 5.91. The Bertz CT molecular complexity index is 501. The second kappa shape index (κ2) is 7.43. The van der Waals surface area contributed by atoms with E-state index in [0.29, 0.717) is 5.75 Å². The molecule has 20 heavy (non-hydrogen) atoms. The largest absolute Gasteiger partial charge is 0.461 e. The first-order valence-electron chi connectivity index (χ1n) is 5.51. The van der Waals surface area contributed by atoms with E-state index < -0.39 is 27.2 Å². The second-order valence-electron chi connectivity index (χ2n) is 3.78. The van der Waals surface area contributed by atoms with Gasteiger partial charge in [0.25, 0.3) is 11.4 Å². The van der Waals surface area contributed by atoms with Gasteiger partial charge in [-0.1, -0.05) is 0 Å². The predicted octanol–water partition coefficient (Wildman–Crippen LogP) is 2.30. The molecule has 0 radical (unpaired) electrons. The number of carbonyl (C=O) groups excluding carboxylic acids is 1. The Labute approximate surface area is 118 Å². The topological polar surface area (TPSA) is 113 Å². The van der Waals surface area contributed by atoms with Crippen molar-refractivity contribution in [3.8, 4) is 0 Å². The van der Waals surface area contributed by atoms with Crippen molar-refractivity contribution in [1.82, 2.24) is 0 Å². The van der Waals surface area contributed by atoms with Crippen LogP contribution >= 0.6 is 11.8 Å². The van der Waals surface area contributed by atoms with E-state index in [0.717, 1.165) is 18.2 Å². The van der Waals surface area contributed by atoms with Gasteiger partial charge in [0.1, 0.15) is 6.61 Å². The summed E-state index contributed by atoms with van der Waals surface area (Å²) in [5.74, 6) is 0.155. The fourth-order valence-electron chi connectivity index (χ4n) is 1.37. The highest BCUT2D eigenvalue weighted by atomic mass is 32.2. The molecule has 8 nitrogen and oxygen atoms in total. The molecule has 0 aliphatic carbocycles. The molecule has 1 aromatic carbocycles. The third kappa shape index (κ3) is 4.84. The van der Waals surface area contributed by atoms with Crippen LogP contribution in [0.25, 0.3) is 0 Å². The average molecular weight is 300 g/mol. The Morgan fingerprint density at radius 1 is 1.20 bits per heavy atom. The Balaban J connectivity index is 2.81. The fraction of sp³-hybridized carbons (Fsp3) is 0.364. The molecular weight excluding hydrogens is 288 g/mol. The van der Waals surface area contributed by atoms with Gasteiger partial charge >= 0.3 is 5.97 Å². The van der Waals surface area contributed by atoms with E-state index >= 15 is 0 Å². The third-order valence-electron chi connectivity index (χ3n) is 2.29. The molecule has 0 atom stereocenters. The highest BCUT2D eigenvalue weighted by molar-refractivity contribution is 7.98. The van der Waals surface area contributed by atoms with Gasteiger partial charge in [-0.2, -0.15) is 11.8 Å². The van der Waals surface area contributed by atoms with E-state index in [1.54, 1.807) is 0 Å². The Hall–Kier alpha value is -2.16. The summed E-state index contributed by atoms with van der Waals surface area (Å²) in [5, 5.41) is 21.4. The number of hydrogen-bond acceptors (Lipinski definition) is 7. The lowest BCUT2D eigenvalue weighted by molar-refractivity contribution is -0.394. The van der Waals surface area contributed by atoms with Crippen molar-refractivity contribution in [2.75, 3.05) is 12.0 Å². The summed E-state index contributed by atoms with van der Waals surface area (Å²) in [6.45, 7) is -0.226. The second-order valence-corrected chi connectivity index (χ2v) is 4.76. The minimum atomic E-state index is -0.730. The van der Waals surface area contributed by atoms with Crippen molar-refractivity contribution in [3.63, 3.8) is 0 Å². The molecular formula is C11H12N2O6S. The molecule has 0 fully saturated rings. The lowest BCUT2D eigenvalue weighted by Crippen LogP contribution is -2.06. The van der Waals surface area contributed by atoms with Crippen LogP contribution in [-0.4, -0.2) is 27.8 Å². The molecule has 9 heteroatoms. The van der Waals surface area contributed by atoms with Crippen molar-refractivity contribution in [1.29, 1.82) is 0 Å². The zero-order valence-electron chi connectivity index (χ0n) is 10.6. The lowest BCUT2D eigenvalue weighted by atomic mass is 10.2. The van der Waals surface area contributed by atoms with Gasteiger partial charge in [-0.05, 0) is 6.26 Å². The van der Waals surface area contributed by atoms with Gasteiger partial charge < -0.3 is 4.74 Å². The smallest absolute Gasteiger partial charge is 0.306 e. The zero-order valence-corrected chi connectivity index (χ0v) is 11.4. The van der Waals surface area contributed by atoms with Gasteiger partial charge in [-0.15, -0.1) is 0 Å².